The first-order valence-corrected chi connectivity index (χ1v) is 10.8. The largest absolute Gasteiger partial charge is 0.376 e. The normalized spacial score (nSPS) is 15.9. The zero-order chi connectivity index (χ0) is 22.0. The number of amides is 2. The maximum atomic E-state index is 13.1. The van der Waals surface area contributed by atoms with Crippen molar-refractivity contribution in [2.75, 3.05) is 18.5 Å². The fourth-order valence-corrected chi connectivity index (χ4v) is 4.15. The Morgan fingerprint density at radius 2 is 2.03 bits per heavy atom. The summed E-state index contributed by atoms with van der Waals surface area (Å²) in [7, 11) is 0. The molecule has 0 saturated carbocycles. The van der Waals surface area contributed by atoms with Gasteiger partial charge in [0.15, 0.2) is 0 Å². The van der Waals surface area contributed by atoms with Gasteiger partial charge in [0, 0.05) is 34.8 Å². The monoisotopic (exact) mass is 439 g/mol. The van der Waals surface area contributed by atoms with Crippen molar-refractivity contribution in [2.24, 2.45) is 0 Å². The molecule has 0 spiro atoms. The van der Waals surface area contributed by atoms with Gasteiger partial charge in [0.25, 0.3) is 5.56 Å². The molecule has 162 valence electrons. The summed E-state index contributed by atoms with van der Waals surface area (Å²) in [6, 6.07) is 12.6. The average molecular weight is 440 g/mol. The highest BCUT2D eigenvalue weighted by Gasteiger charge is 2.24. The fourth-order valence-electron chi connectivity index (χ4n) is 3.96. The van der Waals surface area contributed by atoms with Gasteiger partial charge in [0.1, 0.15) is 0 Å². The average Bonchev–Trinajstić information content (AvgIpc) is 3.24. The van der Waals surface area contributed by atoms with E-state index in [-0.39, 0.29) is 24.2 Å². The second-order valence-electron chi connectivity index (χ2n) is 8.07. The topological polar surface area (TPSA) is 74.4 Å². The number of anilines is 1. The highest BCUT2D eigenvalue weighted by molar-refractivity contribution is 6.30. The summed E-state index contributed by atoms with van der Waals surface area (Å²) < 4.78 is 5.75. The summed E-state index contributed by atoms with van der Waals surface area (Å²) in [6.07, 6.45) is 1.84. The molecule has 7 heteroatoms. The van der Waals surface area contributed by atoms with E-state index in [2.05, 4.69) is 10.3 Å². The smallest absolute Gasteiger partial charge is 0.322 e. The van der Waals surface area contributed by atoms with Crippen LogP contribution < -0.4 is 10.9 Å². The summed E-state index contributed by atoms with van der Waals surface area (Å²) >= 11 is 6.05. The van der Waals surface area contributed by atoms with E-state index in [0.717, 1.165) is 34.9 Å². The van der Waals surface area contributed by atoms with Gasteiger partial charge in [-0.15, -0.1) is 0 Å². The van der Waals surface area contributed by atoms with Crippen molar-refractivity contribution in [3.05, 3.63) is 74.5 Å². The van der Waals surface area contributed by atoms with E-state index < -0.39 is 0 Å². The van der Waals surface area contributed by atoms with Gasteiger partial charge < -0.3 is 19.9 Å². The first-order valence-electron chi connectivity index (χ1n) is 10.5. The molecule has 6 nitrogen and oxygen atoms in total. The van der Waals surface area contributed by atoms with Crippen LogP contribution >= 0.6 is 11.6 Å². The minimum atomic E-state index is -0.293. The molecule has 1 unspecified atom stereocenters. The van der Waals surface area contributed by atoms with Gasteiger partial charge in [-0.2, -0.15) is 0 Å². The Morgan fingerprint density at radius 1 is 1.23 bits per heavy atom. The molecule has 2 heterocycles. The number of urea groups is 1. The van der Waals surface area contributed by atoms with E-state index in [1.165, 1.54) is 0 Å². The van der Waals surface area contributed by atoms with Crippen molar-refractivity contribution in [1.82, 2.24) is 9.88 Å². The number of aryl methyl sites for hydroxylation is 2. The summed E-state index contributed by atoms with van der Waals surface area (Å²) in [6.45, 7) is 5.28. The minimum absolute atomic E-state index is 0.0337. The van der Waals surface area contributed by atoms with Gasteiger partial charge in [0.2, 0.25) is 0 Å². The van der Waals surface area contributed by atoms with Crippen LogP contribution in [0.25, 0.3) is 10.9 Å². The van der Waals surface area contributed by atoms with Gasteiger partial charge in [0.05, 0.1) is 18.2 Å². The second-order valence-corrected chi connectivity index (χ2v) is 8.50. The molecule has 1 saturated heterocycles. The molecule has 2 amide bonds. The number of aromatic nitrogens is 1. The third kappa shape index (κ3) is 4.92. The van der Waals surface area contributed by atoms with Crippen LogP contribution in [0.4, 0.5) is 10.5 Å². The Balaban J connectivity index is 1.63. The lowest BCUT2D eigenvalue weighted by Gasteiger charge is -2.26. The van der Waals surface area contributed by atoms with Gasteiger partial charge in [-0.3, -0.25) is 4.79 Å². The summed E-state index contributed by atoms with van der Waals surface area (Å²) in [5.41, 5.74) is 3.89. The molecule has 3 aromatic rings. The highest BCUT2D eigenvalue weighted by atomic mass is 35.5. The van der Waals surface area contributed by atoms with Crippen molar-refractivity contribution in [1.29, 1.82) is 0 Å². The number of hydrogen-bond acceptors (Lipinski definition) is 3. The van der Waals surface area contributed by atoms with Crippen LogP contribution in [-0.2, 0) is 11.3 Å². The molecule has 2 aromatic carbocycles. The van der Waals surface area contributed by atoms with Crippen molar-refractivity contribution in [3.63, 3.8) is 0 Å². The first-order chi connectivity index (χ1) is 14.9. The molecule has 2 N–H and O–H groups in total. The zero-order valence-electron chi connectivity index (χ0n) is 17.7. The molecular weight excluding hydrogens is 414 g/mol. The molecule has 0 radical (unpaired) electrons. The van der Waals surface area contributed by atoms with E-state index in [1.807, 2.05) is 32.0 Å². The Kier molecular flexibility index (Phi) is 6.30. The number of ether oxygens (including phenoxy) is 1. The Morgan fingerprint density at radius 3 is 2.77 bits per heavy atom. The van der Waals surface area contributed by atoms with Crippen LogP contribution in [0.3, 0.4) is 0 Å². The summed E-state index contributed by atoms with van der Waals surface area (Å²) in [5, 5.41) is 4.42. The lowest BCUT2D eigenvalue weighted by molar-refractivity contribution is 0.0818. The van der Waals surface area contributed by atoms with Crippen LogP contribution in [0.1, 0.15) is 29.5 Å². The summed E-state index contributed by atoms with van der Waals surface area (Å²) in [4.78, 5) is 30.6. The minimum Gasteiger partial charge on any atom is -0.376 e. The number of nitrogens with zero attached hydrogens (tertiary/aromatic N) is 1. The number of aromatic amines is 1. The number of halogens is 1. The maximum Gasteiger partial charge on any atom is 0.322 e. The Bertz CT molecular complexity index is 1170. The standard InChI is InChI=1S/C24H26ClN3O3/c1-15-8-9-16(2)22-21(15)11-17(23(29)27-22)13-28(14-20-7-4-10-31-20)24(30)26-19-6-3-5-18(25)12-19/h3,5-6,8-9,11-12,20H,4,7,10,13-14H2,1-2H3,(H,26,30)(H,27,29). The van der Waals surface area contributed by atoms with Crippen molar-refractivity contribution >= 4 is 34.2 Å². The van der Waals surface area contributed by atoms with Crippen molar-refractivity contribution in [3.8, 4) is 0 Å². The lowest BCUT2D eigenvalue weighted by atomic mass is 10.0. The van der Waals surface area contributed by atoms with Crippen LogP contribution in [-0.4, -0.2) is 35.2 Å². The van der Waals surface area contributed by atoms with E-state index in [0.29, 0.717) is 29.4 Å². The molecule has 0 aliphatic carbocycles. The molecular formula is C24H26ClN3O3. The number of nitrogens with one attached hydrogen (secondary N) is 2. The molecule has 0 bridgehead atoms. The molecule has 1 aliphatic heterocycles. The quantitative estimate of drug-likeness (QED) is 0.586. The van der Waals surface area contributed by atoms with Crippen LogP contribution in [0.5, 0.6) is 0 Å². The van der Waals surface area contributed by atoms with Gasteiger partial charge in [-0.05, 0) is 62.1 Å². The molecule has 4 rings (SSSR count). The number of carbonyl (C=O) groups is 1. The van der Waals surface area contributed by atoms with Gasteiger partial charge in [-0.25, -0.2) is 4.79 Å². The predicted octanol–water partition coefficient (Wildman–Crippen LogP) is 5.01. The highest BCUT2D eigenvalue weighted by Crippen LogP contribution is 2.22. The Hall–Kier alpha value is -2.83. The zero-order valence-corrected chi connectivity index (χ0v) is 18.5. The third-order valence-electron chi connectivity index (χ3n) is 5.69. The van der Waals surface area contributed by atoms with Crippen molar-refractivity contribution < 1.29 is 9.53 Å². The van der Waals surface area contributed by atoms with Crippen LogP contribution in [0, 0.1) is 13.8 Å². The molecule has 1 aromatic heterocycles. The second kappa shape index (κ2) is 9.12. The van der Waals surface area contributed by atoms with E-state index in [1.54, 1.807) is 29.2 Å². The van der Waals surface area contributed by atoms with E-state index in [9.17, 15) is 9.59 Å². The van der Waals surface area contributed by atoms with Gasteiger partial charge in [-0.1, -0.05) is 29.8 Å². The first kappa shape index (κ1) is 21.4. The molecule has 1 fully saturated rings. The van der Waals surface area contributed by atoms with E-state index >= 15 is 0 Å². The fraction of sp³-hybridized carbons (Fsp3) is 0.333. The van der Waals surface area contributed by atoms with Crippen molar-refractivity contribution in [2.45, 2.75) is 39.3 Å². The Labute approximate surface area is 186 Å². The number of carbonyl (C=O) groups excluding carboxylic acids is 1. The SMILES string of the molecule is Cc1ccc(C)c2[nH]c(=O)c(CN(CC3CCCO3)C(=O)Nc3cccc(Cl)c3)cc12. The number of benzene rings is 2. The number of fused-ring (bicyclic) bond motifs is 1. The van der Waals surface area contributed by atoms with E-state index in [4.69, 9.17) is 16.3 Å². The third-order valence-corrected chi connectivity index (χ3v) is 5.93. The molecule has 1 atom stereocenters. The number of H-pyrrole nitrogens is 1. The van der Waals surface area contributed by atoms with Crippen LogP contribution in [0.15, 0.2) is 47.3 Å². The molecule has 31 heavy (non-hydrogen) atoms. The predicted molar refractivity (Wildman–Crippen MR) is 124 cm³/mol. The van der Waals surface area contributed by atoms with Crippen LogP contribution in [0.2, 0.25) is 5.02 Å². The number of hydrogen-bond donors (Lipinski definition) is 2. The molecule has 1 aliphatic rings. The maximum absolute atomic E-state index is 13.1. The number of pyridine rings is 1. The lowest BCUT2D eigenvalue weighted by Crippen LogP contribution is -2.40. The van der Waals surface area contributed by atoms with Gasteiger partial charge >= 0.3 is 6.03 Å². The number of rotatable bonds is 5. The summed E-state index contributed by atoms with van der Waals surface area (Å²) in [5.74, 6) is 0.